The van der Waals surface area contributed by atoms with Crippen molar-refractivity contribution in [3.8, 4) is 0 Å². The third-order valence-electron chi connectivity index (χ3n) is 4.59. The van der Waals surface area contributed by atoms with Crippen molar-refractivity contribution in [1.29, 1.82) is 0 Å². The first kappa shape index (κ1) is 21.5. The molecular formula is C19H30F3N3. The van der Waals surface area contributed by atoms with Crippen LogP contribution in [-0.2, 0) is 6.18 Å². The lowest BCUT2D eigenvalue weighted by atomic mass is 9.74. The van der Waals surface area contributed by atoms with Crippen molar-refractivity contribution in [2.24, 2.45) is 5.41 Å². The van der Waals surface area contributed by atoms with E-state index in [9.17, 15) is 13.2 Å². The lowest BCUT2D eigenvalue weighted by molar-refractivity contribution is -0.145. The SMILES string of the molecule is C=CC1(CN(CC)c2cc(C)nc(C(F)(F)F)n2)CCCCC1.CC. The summed E-state index contributed by atoms with van der Waals surface area (Å²) in [5.41, 5.74) is 0.294. The van der Waals surface area contributed by atoms with Crippen molar-refractivity contribution in [3.05, 3.63) is 30.2 Å². The minimum Gasteiger partial charge on any atom is -0.356 e. The van der Waals surface area contributed by atoms with E-state index in [0.717, 1.165) is 25.7 Å². The predicted octanol–water partition coefficient (Wildman–Crippen LogP) is 5.79. The molecule has 1 aliphatic carbocycles. The fraction of sp³-hybridized carbons (Fsp3) is 0.684. The largest absolute Gasteiger partial charge is 0.451 e. The van der Waals surface area contributed by atoms with Crippen molar-refractivity contribution in [1.82, 2.24) is 9.97 Å². The van der Waals surface area contributed by atoms with E-state index in [2.05, 4.69) is 16.5 Å². The average Bonchev–Trinajstić information content (AvgIpc) is 2.61. The highest BCUT2D eigenvalue weighted by Gasteiger charge is 2.36. The van der Waals surface area contributed by atoms with E-state index in [-0.39, 0.29) is 5.41 Å². The molecule has 0 unspecified atom stereocenters. The molecule has 142 valence electrons. The predicted molar refractivity (Wildman–Crippen MR) is 96.7 cm³/mol. The summed E-state index contributed by atoms with van der Waals surface area (Å²) in [7, 11) is 0. The Morgan fingerprint density at radius 1 is 1.20 bits per heavy atom. The molecule has 1 heterocycles. The highest BCUT2D eigenvalue weighted by molar-refractivity contribution is 5.40. The van der Waals surface area contributed by atoms with Gasteiger partial charge >= 0.3 is 6.18 Å². The zero-order chi connectivity index (χ0) is 19.1. The summed E-state index contributed by atoms with van der Waals surface area (Å²) < 4.78 is 38.9. The van der Waals surface area contributed by atoms with Crippen LogP contribution in [0.1, 0.15) is 64.4 Å². The molecule has 0 radical (unpaired) electrons. The Hall–Kier alpha value is -1.59. The van der Waals surface area contributed by atoms with Crippen LogP contribution in [0, 0.1) is 12.3 Å². The van der Waals surface area contributed by atoms with Crippen molar-refractivity contribution in [3.63, 3.8) is 0 Å². The van der Waals surface area contributed by atoms with Crippen molar-refractivity contribution in [2.75, 3.05) is 18.0 Å². The molecule has 1 aromatic heterocycles. The standard InChI is InChI=1S/C17H24F3N3.C2H6/c1-4-16(9-7-6-8-10-16)12-23(5-2)14-11-13(3)21-15(22-14)17(18,19)20;1-2/h4,11H,1,5-10,12H2,2-3H3;1-2H3. The maximum atomic E-state index is 13.0. The molecular weight excluding hydrogens is 327 g/mol. The van der Waals surface area contributed by atoms with E-state index >= 15 is 0 Å². The van der Waals surface area contributed by atoms with Crippen LogP contribution in [0.3, 0.4) is 0 Å². The van der Waals surface area contributed by atoms with E-state index in [1.165, 1.54) is 6.42 Å². The lowest BCUT2D eigenvalue weighted by Crippen LogP contribution is -2.38. The molecule has 0 atom stereocenters. The minimum atomic E-state index is -4.53. The van der Waals surface area contributed by atoms with Crippen LogP contribution in [0.4, 0.5) is 19.0 Å². The molecule has 0 N–H and O–H groups in total. The third-order valence-corrected chi connectivity index (χ3v) is 4.59. The summed E-state index contributed by atoms with van der Waals surface area (Å²) in [5.74, 6) is -0.721. The van der Waals surface area contributed by atoms with Crippen LogP contribution in [0.5, 0.6) is 0 Å². The van der Waals surface area contributed by atoms with Gasteiger partial charge in [0.1, 0.15) is 5.82 Å². The first-order valence-electron chi connectivity index (χ1n) is 9.11. The van der Waals surface area contributed by atoms with Gasteiger partial charge in [-0.25, -0.2) is 9.97 Å². The third kappa shape index (κ3) is 5.72. The van der Waals surface area contributed by atoms with Crippen LogP contribution in [0.25, 0.3) is 0 Å². The summed E-state index contributed by atoms with van der Waals surface area (Å²) >= 11 is 0. The smallest absolute Gasteiger partial charge is 0.356 e. The molecule has 1 fully saturated rings. The van der Waals surface area contributed by atoms with Gasteiger partial charge in [-0.05, 0) is 26.7 Å². The second-order valence-electron chi connectivity index (χ2n) is 6.33. The Kier molecular flexibility index (Phi) is 7.90. The van der Waals surface area contributed by atoms with Crippen molar-refractivity contribution < 1.29 is 13.2 Å². The van der Waals surface area contributed by atoms with Gasteiger partial charge in [0.05, 0.1) is 0 Å². The summed E-state index contributed by atoms with van der Waals surface area (Å²) in [6.45, 7) is 12.7. The molecule has 0 spiro atoms. The summed E-state index contributed by atoms with van der Waals surface area (Å²) in [5, 5.41) is 0. The maximum absolute atomic E-state index is 13.0. The van der Waals surface area contributed by atoms with Gasteiger partial charge in [-0.1, -0.05) is 39.2 Å². The van der Waals surface area contributed by atoms with E-state index in [0.29, 0.717) is 24.6 Å². The number of nitrogens with zero attached hydrogens (tertiary/aromatic N) is 3. The molecule has 1 saturated carbocycles. The summed E-state index contributed by atoms with van der Waals surface area (Å²) in [6, 6.07) is 1.62. The molecule has 25 heavy (non-hydrogen) atoms. The Morgan fingerprint density at radius 2 is 1.80 bits per heavy atom. The number of anilines is 1. The van der Waals surface area contributed by atoms with Gasteiger partial charge in [-0.15, -0.1) is 6.58 Å². The van der Waals surface area contributed by atoms with E-state index in [4.69, 9.17) is 0 Å². The number of rotatable bonds is 5. The van der Waals surface area contributed by atoms with Gasteiger partial charge in [0.25, 0.3) is 0 Å². The van der Waals surface area contributed by atoms with Crippen LogP contribution in [-0.4, -0.2) is 23.1 Å². The minimum absolute atomic E-state index is 0.0362. The molecule has 6 heteroatoms. The van der Waals surface area contributed by atoms with Gasteiger partial charge < -0.3 is 4.90 Å². The Morgan fingerprint density at radius 3 is 2.28 bits per heavy atom. The molecule has 0 amide bonds. The number of hydrogen-bond donors (Lipinski definition) is 0. The number of aromatic nitrogens is 2. The summed E-state index contributed by atoms with van der Waals surface area (Å²) in [4.78, 5) is 9.20. The zero-order valence-electron chi connectivity index (χ0n) is 15.8. The van der Waals surface area contributed by atoms with Gasteiger partial charge in [-0.2, -0.15) is 13.2 Å². The topological polar surface area (TPSA) is 29.0 Å². The molecule has 0 saturated heterocycles. The summed E-state index contributed by atoms with van der Waals surface area (Å²) in [6.07, 6.45) is 3.01. The number of aryl methyl sites for hydroxylation is 1. The monoisotopic (exact) mass is 357 g/mol. The van der Waals surface area contributed by atoms with Gasteiger partial charge in [0.2, 0.25) is 5.82 Å². The van der Waals surface area contributed by atoms with Gasteiger partial charge in [0, 0.05) is 30.3 Å². The van der Waals surface area contributed by atoms with Crippen molar-refractivity contribution >= 4 is 5.82 Å². The first-order valence-corrected chi connectivity index (χ1v) is 9.11. The highest BCUT2D eigenvalue weighted by atomic mass is 19.4. The molecule has 0 bridgehead atoms. The quantitative estimate of drug-likeness (QED) is 0.624. The second-order valence-corrected chi connectivity index (χ2v) is 6.33. The van der Waals surface area contributed by atoms with E-state index in [1.54, 1.807) is 13.0 Å². The lowest BCUT2D eigenvalue weighted by Gasteiger charge is -2.39. The normalized spacial score (nSPS) is 16.6. The van der Waals surface area contributed by atoms with Crippen LogP contribution in [0.15, 0.2) is 18.7 Å². The average molecular weight is 357 g/mol. The highest BCUT2D eigenvalue weighted by Crippen LogP contribution is 2.39. The van der Waals surface area contributed by atoms with Crippen LogP contribution in [0.2, 0.25) is 0 Å². The fourth-order valence-electron chi connectivity index (χ4n) is 3.26. The maximum Gasteiger partial charge on any atom is 0.451 e. The molecule has 1 aliphatic rings. The fourth-order valence-corrected chi connectivity index (χ4v) is 3.26. The Labute approximate surface area is 149 Å². The van der Waals surface area contributed by atoms with Crippen LogP contribution >= 0.6 is 0 Å². The number of halogens is 3. The van der Waals surface area contributed by atoms with Gasteiger partial charge in [-0.3, -0.25) is 0 Å². The second kappa shape index (κ2) is 9.20. The van der Waals surface area contributed by atoms with Crippen molar-refractivity contribution in [2.45, 2.75) is 66.0 Å². The first-order chi connectivity index (χ1) is 11.8. The number of alkyl halides is 3. The van der Waals surface area contributed by atoms with E-state index in [1.807, 2.05) is 31.7 Å². The molecule has 0 aromatic carbocycles. The van der Waals surface area contributed by atoms with E-state index < -0.39 is 12.0 Å². The molecule has 3 nitrogen and oxygen atoms in total. The molecule has 2 rings (SSSR count). The Balaban J connectivity index is 0.00000151. The number of hydrogen-bond acceptors (Lipinski definition) is 3. The zero-order valence-corrected chi connectivity index (χ0v) is 15.8. The Bertz CT molecular complexity index is 549. The van der Waals surface area contributed by atoms with Crippen LogP contribution < -0.4 is 4.90 Å². The van der Waals surface area contributed by atoms with Gasteiger partial charge in [0.15, 0.2) is 0 Å². The molecule has 0 aliphatic heterocycles. The molecule has 1 aromatic rings.